The summed E-state index contributed by atoms with van der Waals surface area (Å²) in [5, 5.41) is 77.8. The predicted molar refractivity (Wildman–Crippen MR) is 121 cm³/mol. The van der Waals surface area contributed by atoms with Gasteiger partial charge in [0.05, 0.1) is 38.4 Å². The number of allylic oxidation sites excluding steroid dienone is 1. The van der Waals surface area contributed by atoms with E-state index >= 15 is 0 Å². The lowest BCUT2D eigenvalue weighted by Crippen LogP contribution is -2.42. The van der Waals surface area contributed by atoms with Crippen LogP contribution in [0.2, 0.25) is 0 Å². The molecule has 0 aliphatic carbocycles. The Morgan fingerprint density at radius 3 is 1.89 bits per heavy atom. The van der Waals surface area contributed by atoms with Crippen molar-refractivity contribution in [2.45, 2.75) is 6.04 Å². The quantitative estimate of drug-likeness (QED) is 0.291. The van der Waals surface area contributed by atoms with Crippen molar-refractivity contribution in [1.29, 1.82) is 0 Å². The van der Waals surface area contributed by atoms with E-state index in [0.29, 0.717) is 6.08 Å². The van der Waals surface area contributed by atoms with Crippen LogP contribution in [0.5, 0.6) is 23.0 Å². The first kappa shape index (κ1) is 25.1. The summed E-state index contributed by atoms with van der Waals surface area (Å²) in [5.74, 6) is -3.95. The Kier molecular flexibility index (Phi) is 5.87. The van der Waals surface area contributed by atoms with E-state index in [9.17, 15) is 55.8 Å². The highest BCUT2D eigenvalue weighted by molar-refractivity contribution is 6.02. The lowest BCUT2D eigenvalue weighted by Gasteiger charge is -2.30. The third-order valence-corrected chi connectivity index (χ3v) is 5.45. The van der Waals surface area contributed by atoms with Gasteiger partial charge in [-0.3, -0.25) is 45.9 Å². The number of nitrogens with one attached hydrogen (secondary N) is 1. The number of benzene rings is 2. The van der Waals surface area contributed by atoms with E-state index in [0.717, 1.165) is 36.4 Å². The largest absolute Gasteiger partial charge is 0.508 e. The smallest absolute Gasteiger partial charge is 0.319 e. The van der Waals surface area contributed by atoms with Gasteiger partial charge in [-0.15, -0.1) is 0 Å². The molecular formula is C19H13N7O12. The minimum atomic E-state index is -1.80. The molecule has 2 heterocycles. The number of hydrogen-bond acceptors (Lipinski definition) is 15. The zero-order valence-corrected chi connectivity index (χ0v) is 18.7. The maximum Gasteiger partial charge on any atom is 0.319 e. The molecule has 0 saturated carbocycles. The van der Waals surface area contributed by atoms with Gasteiger partial charge in [0, 0.05) is 29.8 Å². The van der Waals surface area contributed by atoms with Crippen LogP contribution in [0.3, 0.4) is 0 Å². The SMILES string of the molecule is COc1c([N+](=O)[O-])cc(C2=NC3=C([N+](=O)[O-])C=C([N+](=O)[O-])C(c4c(O)cc(O)cc4O)N3N2)cc1[N+](=O)[O-]. The van der Waals surface area contributed by atoms with Crippen molar-refractivity contribution in [3.05, 3.63) is 99.1 Å². The van der Waals surface area contributed by atoms with Crippen molar-refractivity contribution in [3.63, 3.8) is 0 Å². The molecule has 4 rings (SSSR count). The fourth-order valence-corrected chi connectivity index (χ4v) is 3.93. The first-order chi connectivity index (χ1) is 17.8. The molecule has 19 heteroatoms. The van der Waals surface area contributed by atoms with Gasteiger partial charge in [-0.05, 0) is 0 Å². The Hall–Kier alpha value is -6.01. The van der Waals surface area contributed by atoms with Crippen molar-refractivity contribution >= 4 is 17.2 Å². The average molecular weight is 531 g/mol. The zero-order valence-electron chi connectivity index (χ0n) is 18.7. The molecule has 0 aromatic heterocycles. The molecule has 0 fully saturated rings. The molecule has 1 unspecified atom stereocenters. The highest BCUT2D eigenvalue weighted by Gasteiger charge is 2.48. The standard InChI is InChI=1S/C19H13N7O12/c1-38-17-10(24(32)33)2-7(3-11(17)25(34)35)18-20-19-12(26(36)37)6-9(23(30)31)16(22(19)21-18)15-13(28)4-8(27)5-14(15)29/h2-6,16,27-29H,1H3,(H,20,21). The summed E-state index contributed by atoms with van der Waals surface area (Å²) in [6.45, 7) is 0. The van der Waals surface area contributed by atoms with E-state index in [1.807, 2.05) is 0 Å². The number of hydrogen-bond donors (Lipinski definition) is 4. The molecule has 2 aliphatic rings. The van der Waals surface area contributed by atoms with Crippen LogP contribution in [0, 0.1) is 40.5 Å². The van der Waals surface area contributed by atoms with Gasteiger partial charge in [0.15, 0.2) is 11.9 Å². The second-order valence-corrected chi connectivity index (χ2v) is 7.60. The molecule has 0 bridgehead atoms. The fourth-order valence-electron chi connectivity index (χ4n) is 3.93. The predicted octanol–water partition coefficient (Wildman–Crippen LogP) is 1.56. The van der Waals surface area contributed by atoms with Gasteiger partial charge in [0.1, 0.15) is 17.2 Å². The second kappa shape index (κ2) is 8.89. The van der Waals surface area contributed by atoms with Crippen molar-refractivity contribution in [1.82, 2.24) is 10.4 Å². The van der Waals surface area contributed by atoms with E-state index in [4.69, 9.17) is 4.74 Å². The minimum absolute atomic E-state index is 0.325. The lowest BCUT2D eigenvalue weighted by molar-refractivity contribution is -0.445. The summed E-state index contributed by atoms with van der Waals surface area (Å²) in [7, 11) is 0.973. The Balaban J connectivity index is 1.96. The van der Waals surface area contributed by atoms with E-state index < -0.39 is 88.7 Å². The molecule has 2 aromatic carbocycles. The average Bonchev–Trinajstić information content (AvgIpc) is 3.27. The summed E-state index contributed by atoms with van der Waals surface area (Å²) in [5.41, 5.74) is -1.92. The number of nitro benzene ring substituents is 2. The fraction of sp³-hybridized carbons (Fsp3) is 0.105. The maximum atomic E-state index is 11.9. The Labute approximate surface area is 208 Å². The van der Waals surface area contributed by atoms with Crippen LogP contribution in [0.1, 0.15) is 17.2 Å². The molecule has 1 atom stereocenters. The monoisotopic (exact) mass is 531 g/mol. The van der Waals surface area contributed by atoms with Crippen LogP contribution in [0.4, 0.5) is 11.4 Å². The number of ether oxygens (including phenoxy) is 1. The van der Waals surface area contributed by atoms with Crippen molar-refractivity contribution in [2.75, 3.05) is 7.11 Å². The van der Waals surface area contributed by atoms with E-state index in [1.54, 1.807) is 0 Å². The highest BCUT2D eigenvalue weighted by Crippen LogP contribution is 2.47. The summed E-state index contributed by atoms with van der Waals surface area (Å²) >= 11 is 0. The third kappa shape index (κ3) is 3.94. The number of aromatic hydroxyl groups is 3. The molecular weight excluding hydrogens is 518 g/mol. The molecule has 0 saturated heterocycles. The van der Waals surface area contributed by atoms with Gasteiger partial charge in [0.25, 0.3) is 11.4 Å². The minimum Gasteiger partial charge on any atom is -0.508 e. The number of nitrogens with zero attached hydrogens (tertiary/aromatic N) is 6. The molecule has 0 spiro atoms. The van der Waals surface area contributed by atoms with E-state index in [1.165, 1.54) is 0 Å². The van der Waals surface area contributed by atoms with Crippen LogP contribution in [-0.4, -0.2) is 53.0 Å². The second-order valence-electron chi connectivity index (χ2n) is 7.60. The molecule has 38 heavy (non-hydrogen) atoms. The van der Waals surface area contributed by atoms with Crippen LogP contribution in [0.25, 0.3) is 0 Å². The maximum absolute atomic E-state index is 11.9. The number of nitro groups is 4. The van der Waals surface area contributed by atoms with Crippen molar-refractivity contribution < 1.29 is 39.7 Å². The Bertz CT molecular complexity index is 1490. The molecule has 196 valence electrons. The number of aliphatic imine (C=N–C) groups is 1. The number of phenolic OH excluding ortho intramolecular Hbond substituents is 3. The third-order valence-electron chi connectivity index (χ3n) is 5.45. The van der Waals surface area contributed by atoms with Crippen molar-refractivity contribution in [2.24, 2.45) is 4.99 Å². The molecule has 2 aromatic rings. The number of hydrazine groups is 1. The zero-order chi connectivity index (χ0) is 28.0. The lowest BCUT2D eigenvalue weighted by atomic mass is 9.97. The summed E-state index contributed by atoms with van der Waals surface area (Å²) in [6, 6.07) is 1.37. The number of rotatable bonds is 7. The molecule has 0 radical (unpaired) electrons. The van der Waals surface area contributed by atoms with Crippen LogP contribution in [-0.2, 0) is 0 Å². The van der Waals surface area contributed by atoms with Crippen LogP contribution in [0.15, 0.2) is 52.5 Å². The summed E-state index contributed by atoms with van der Waals surface area (Å²) in [6.07, 6.45) is 0.537. The summed E-state index contributed by atoms with van der Waals surface area (Å²) < 4.78 is 4.80. The Morgan fingerprint density at radius 1 is 0.895 bits per heavy atom. The normalized spacial score (nSPS) is 16.2. The molecule has 0 amide bonds. The van der Waals surface area contributed by atoms with Gasteiger partial charge in [-0.1, -0.05) is 0 Å². The van der Waals surface area contributed by atoms with E-state index in [2.05, 4.69) is 10.4 Å². The topological polar surface area (TPSA) is 270 Å². The van der Waals surface area contributed by atoms with E-state index in [-0.39, 0.29) is 5.56 Å². The summed E-state index contributed by atoms with van der Waals surface area (Å²) in [4.78, 5) is 46.7. The van der Waals surface area contributed by atoms with Crippen LogP contribution < -0.4 is 10.2 Å². The van der Waals surface area contributed by atoms with Gasteiger partial charge in [0.2, 0.25) is 5.82 Å². The van der Waals surface area contributed by atoms with Crippen LogP contribution >= 0.6 is 0 Å². The first-order valence-corrected chi connectivity index (χ1v) is 10.0. The number of phenols is 3. The van der Waals surface area contributed by atoms with Crippen molar-refractivity contribution in [3.8, 4) is 23.0 Å². The molecule has 2 aliphatic heterocycles. The van der Waals surface area contributed by atoms with Gasteiger partial charge >= 0.3 is 17.1 Å². The van der Waals surface area contributed by atoms with Gasteiger partial charge in [-0.25, -0.2) is 10.0 Å². The van der Waals surface area contributed by atoms with Gasteiger partial charge in [-0.2, -0.15) is 0 Å². The number of methoxy groups -OCH3 is 1. The first-order valence-electron chi connectivity index (χ1n) is 10.0. The Morgan fingerprint density at radius 2 is 1.45 bits per heavy atom. The highest BCUT2D eigenvalue weighted by atomic mass is 16.6. The number of fused-ring (bicyclic) bond motifs is 1. The molecule has 19 nitrogen and oxygen atoms in total. The van der Waals surface area contributed by atoms with Gasteiger partial charge < -0.3 is 20.1 Å². The number of amidine groups is 1. The molecule has 4 N–H and O–H groups in total.